The minimum absolute atomic E-state index is 0.0713. The summed E-state index contributed by atoms with van der Waals surface area (Å²) >= 11 is 3.85. The number of β-lactam (4-membered cyclic amide) rings is 1. The number of carbonyl (C=O) groups excluding carboxylic acids is 2. The van der Waals surface area contributed by atoms with Gasteiger partial charge in [-0.05, 0) is 36.3 Å². The topological polar surface area (TPSA) is 191 Å². The number of nitrogens with one attached hydrogen (secondary N) is 1. The van der Waals surface area contributed by atoms with Crippen LogP contribution in [0.4, 0.5) is 5.13 Å². The van der Waals surface area contributed by atoms with Gasteiger partial charge in [0.05, 0.1) is 0 Å². The number of aromatic nitrogens is 5. The summed E-state index contributed by atoms with van der Waals surface area (Å²) in [6, 6.07) is -0.934. The molecule has 4 rings (SSSR count). The van der Waals surface area contributed by atoms with Crippen LogP contribution in [0.3, 0.4) is 0 Å². The minimum Gasteiger partial charge on any atom is -0.477 e. The van der Waals surface area contributed by atoms with Crippen LogP contribution in [0, 0.1) is 0 Å². The molecule has 0 aliphatic carbocycles. The first-order valence-corrected chi connectivity index (χ1v) is 15.7. The number of nitrogens with two attached hydrogens (primary N) is 1. The summed E-state index contributed by atoms with van der Waals surface area (Å²) < 4.78 is 1.72. The first kappa shape index (κ1) is 29.8. The first-order valence-electron chi connectivity index (χ1n) is 12.8. The number of tetrazole rings is 1. The zero-order valence-corrected chi connectivity index (χ0v) is 24.7. The number of carboxylic acids is 1. The molecule has 1 fully saturated rings. The molecule has 0 saturated carbocycles. The molecule has 4 heterocycles. The van der Waals surface area contributed by atoms with Gasteiger partial charge in [0.15, 0.2) is 10.8 Å². The number of carboxylic acid groups (broad SMARTS) is 1. The van der Waals surface area contributed by atoms with Gasteiger partial charge >= 0.3 is 5.97 Å². The second-order valence-corrected chi connectivity index (χ2v) is 12.3. The molecular formula is C23H31N9O5S3. The van der Waals surface area contributed by atoms with Gasteiger partial charge in [0, 0.05) is 23.4 Å². The number of unbranched alkanes of at least 4 members (excludes halogenated alkanes) is 3. The minimum atomic E-state index is -1.20. The average molecular weight is 610 g/mol. The molecule has 2 amide bonds. The zero-order valence-electron chi connectivity index (χ0n) is 22.3. The average Bonchev–Trinajstić information content (AvgIpc) is 3.56. The Morgan fingerprint density at radius 3 is 2.83 bits per heavy atom. The monoisotopic (exact) mass is 609 g/mol. The van der Waals surface area contributed by atoms with E-state index in [2.05, 4.69) is 37.9 Å². The van der Waals surface area contributed by atoms with Crippen molar-refractivity contribution in [3.63, 3.8) is 0 Å². The van der Waals surface area contributed by atoms with Crippen molar-refractivity contribution in [2.45, 2.75) is 75.7 Å². The molecule has 0 radical (unpaired) electrons. The molecule has 2 aliphatic rings. The highest BCUT2D eigenvalue weighted by Gasteiger charge is 2.54. The fourth-order valence-corrected chi connectivity index (χ4v) is 6.98. The number of nitrogen functional groups attached to an aromatic ring is 1. The van der Waals surface area contributed by atoms with Crippen molar-refractivity contribution >= 4 is 63.5 Å². The lowest BCUT2D eigenvalue weighted by Gasteiger charge is -2.49. The van der Waals surface area contributed by atoms with Crippen LogP contribution in [-0.4, -0.2) is 87.7 Å². The van der Waals surface area contributed by atoms with Crippen molar-refractivity contribution < 1.29 is 24.3 Å². The van der Waals surface area contributed by atoms with Gasteiger partial charge in [0.25, 0.3) is 11.8 Å². The highest BCUT2D eigenvalue weighted by Crippen LogP contribution is 2.41. The van der Waals surface area contributed by atoms with E-state index in [0.717, 1.165) is 37.0 Å². The Hall–Kier alpha value is -3.18. The van der Waals surface area contributed by atoms with Gasteiger partial charge in [-0.2, -0.15) is 0 Å². The molecule has 1 unspecified atom stereocenters. The Bertz CT molecular complexity index is 1310. The van der Waals surface area contributed by atoms with Crippen molar-refractivity contribution in [2.75, 3.05) is 17.2 Å². The molecule has 2 aliphatic heterocycles. The fraction of sp³-hybridized carbons (Fsp3) is 0.565. The molecule has 4 N–H and O–H groups in total. The van der Waals surface area contributed by atoms with Gasteiger partial charge in [-0.25, -0.2) is 14.5 Å². The third-order valence-corrected chi connectivity index (χ3v) is 9.03. The van der Waals surface area contributed by atoms with Crippen LogP contribution in [0.2, 0.25) is 0 Å². The number of fused-ring (bicyclic) bond motifs is 1. The Kier molecular flexibility index (Phi) is 10.0. The number of amides is 2. The maximum atomic E-state index is 13.1. The lowest BCUT2D eigenvalue weighted by Crippen LogP contribution is -2.71. The van der Waals surface area contributed by atoms with Crippen molar-refractivity contribution in [3.8, 4) is 0 Å². The molecule has 0 bridgehead atoms. The van der Waals surface area contributed by atoms with Gasteiger partial charge in [-0.1, -0.05) is 43.1 Å². The van der Waals surface area contributed by atoms with Crippen molar-refractivity contribution in [1.82, 2.24) is 35.4 Å². The largest absolute Gasteiger partial charge is 0.477 e. The van der Waals surface area contributed by atoms with E-state index in [9.17, 15) is 19.5 Å². The van der Waals surface area contributed by atoms with Crippen molar-refractivity contribution in [3.05, 3.63) is 22.3 Å². The number of thioether (sulfide) groups is 2. The van der Waals surface area contributed by atoms with E-state index < -0.39 is 29.2 Å². The van der Waals surface area contributed by atoms with Crippen LogP contribution >= 0.6 is 34.9 Å². The number of aryl methyl sites for hydroxylation is 1. The molecular weight excluding hydrogens is 579 g/mol. The van der Waals surface area contributed by atoms with Gasteiger partial charge in [0.1, 0.15) is 28.9 Å². The number of hydrogen-bond donors (Lipinski definition) is 3. The van der Waals surface area contributed by atoms with E-state index in [-0.39, 0.29) is 28.3 Å². The molecule has 2 aromatic heterocycles. The predicted octanol–water partition coefficient (Wildman–Crippen LogP) is 1.95. The highest BCUT2D eigenvalue weighted by molar-refractivity contribution is 8.01. The van der Waals surface area contributed by atoms with Crippen molar-refractivity contribution in [2.24, 2.45) is 5.16 Å². The maximum Gasteiger partial charge on any atom is 0.352 e. The van der Waals surface area contributed by atoms with E-state index in [1.165, 1.54) is 28.4 Å². The summed E-state index contributed by atoms with van der Waals surface area (Å²) in [7, 11) is 0. The van der Waals surface area contributed by atoms with E-state index in [0.29, 0.717) is 28.8 Å². The van der Waals surface area contributed by atoms with Crippen LogP contribution in [0.15, 0.2) is 27.0 Å². The molecule has 17 heteroatoms. The third-order valence-electron chi connectivity index (χ3n) is 5.97. The number of aliphatic carboxylic acids is 1. The number of nitrogens with zero attached hydrogens (tertiary/aromatic N) is 7. The van der Waals surface area contributed by atoms with Crippen LogP contribution in [0.1, 0.15) is 52.1 Å². The summed E-state index contributed by atoms with van der Waals surface area (Å²) in [5.41, 5.74) is 6.33. The molecule has 0 spiro atoms. The SMILES string of the molecule is CCCCCCn1nnnc1SCC1=C(C(=O)O)N2C(=O)C(NC(=O)/C(=N\OC(C)C)c3csc(N)n3)[C@H]2SC1. The normalized spacial score (nSPS) is 19.1. The Morgan fingerprint density at radius 2 is 2.15 bits per heavy atom. The zero-order chi connectivity index (χ0) is 28.8. The molecule has 2 atom stereocenters. The van der Waals surface area contributed by atoms with E-state index >= 15 is 0 Å². The summed E-state index contributed by atoms with van der Waals surface area (Å²) in [4.78, 5) is 49.1. The summed E-state index contributed by atoms with van der Waals surface area (Å²) in [5, 5.41) is 30.3. The number of thiazole rings is 1. The third kappa shape index (κ3) is 6.75. The van der Waals surface area contributed by atoms with E-state index in [4.69, 9.17) is 10.6 Å². The van der Waals surface area contributed by atoms with Crippen LogP contribution < -0.4 is 11.1 Å². The second-order valence-electron chi connectivity index (χ2n) is 9.32. The molecule has 14 nitrogen and oxygen atoms in total. The van der Waals surface area contributed by atoms with Crippen LogP contribution in [0.5, 0.6) is 0 Å². The van der Waals surface area contributed by atoms with Gasteiger partial charge in [0.2, 0.25) is 5.16 Å². The fourth-order valence-electron chi connectivity index (χ4n) is 4.04. The molecule has 1 saturated heterocycles. The molecule has 40 heavy (non-hydrogen) atoms. The molecule has 216 valence electrons. The smallest absolute Gasteiger partial charge is 0.352 e. The van der Waals surface area contributed by atoms with Crippen LogP contribution in [0.25, 0.3) is 0 Å². The number of oxime groups is 1. The molecule has 0 aromatic carbocycles. The highest BCUT2D eigenvalue weighted by atomic mass is 32.2. The second kappa shape index (κ2) is 13.5. The van der Waals surface area contributed by atoms with Crippen molar-refractivity contribution in [1.29, 1.82) is 0 Å². The van der Waals surface area contributed by atoms with Crippen LogP contribution in [-0.2, 0) is 25.8 Å². The molecule has 2 aromatic rings. The lowest BCUT2D eigenvalue weighted by molar-refractivity contribution is -0.150. The number of carbonyl (C=O) groups is 3. The Morgan fingerprint density at radius 1 is 1.35 bits per heavy atom. The number of anilines is 1. The number of rotatable bonds is 14. The Labute approximate surface area is 243 Å². The summed E-state index contributed by atoms with van der Waals surface area (Å²) in [5.74, 6) is -1.71. The quantitative estimate of drug-likeness (QED) is 0.0929. The summed E-state index contributed by atoms with van der Waals surface area (Å²) in [6.07, 6.45) is 4.01. The van der Waals surface area contributed by atoms with Gasteiger partial charge < -0.3 is 21.0 Å². The standard InChI is InChI=1S/C23H31N9O5S3/c1-4-5-6-7-8-31-23(27-29-30-31)40-10-13-9-38-20-16(19(34)32(20)17(13)21(35)36)26-18(33)15(28-37-12(2)3)14-11-39-22(24)25-14/h11-12,16,20H,4-10H2,1-3H3,(H2,24,25)(H,26,33)(H,35,36)/b28-15-/t16?,20-/m1/s1. The summed E-state index contributed by atoms with van der Waals surface area (Å²) in [6.45, 7) is 6.34. The lowest BCUT2D eigenvalue weighted by atomic mass is 10.0. The van der Waals surface area contributed by atoms with Gasteiger partial charge in [-0.15, -0.1) is 28.2 Å². The first-order chi connectivity index (χ1) is 19.2. The Balaban J connectivity index is 1.44. The van der Waals surface area contributed by atoms with E-state index in [1.54, 1.807) is 23.9 Å². The van der Waals surface area contributed by atoms with E-state index in [1.807, 2.05) is 0 Å². The number of hydrogen-bond acceptors (Lipinski definition) is 13. The van der Waals surface area contributed by atoms with Gasteiger partial charge in [-0.3, -0.25) is 14.5 Å². The maximum absolute atomic E-state index is 13.1. The predicted molar refractivity (Wildman–Crippen MR) is 152 cm³/mol.